The molecule has 0 radical (unpaired) electrons. The fraction of sp³-hybridized carbons (Fsp3) is 0.375. The van der Waals surface area contributed by atoms with E-state index in [4.69, 9.17) is 0 Å². The summed E-state index contributed by atoms with van der Waals surface area (Å²) >= 11 is 0. The number of benzene rings is 1. The van der Waals surface area contributed by atoms with Gasteiger partial charge in [0.1, 0.15) is 17.5 Å². The zero-order valence-corrected chi connectivity index (χ0v) is 12.2. The summed E-state index contributed by atoms with van der Waals surface area (Å²) in [4.78, 5) is 8.94. The molecular weight excluding hydrogens is 253 g/mol. The van der Waals surface area contributed by atoms with Gasteiger partial charge in [0.05, 0.1) is 5.69 Å². The molecule has 0 aliphatic heterocycles. The van der Waals surface area contributed by atoms with Crippen LogP contribution >= 0.6 is 0 Å². The first-order valence-electron chi connectivity index (χ1n) is 7.01. The van der Waals surface area contributed by atoms with Crippen LogP contribution in [0.1, 0.15) is 31.7 Å². The van der Waals surface area contributed by atoms with E-state index in [1.165, 1.54) is 12.1 Å². The summed E-state index contributed by atoms with van der Waals surface area (Å²) in [6.07, 6.45) is 1.78. The van der Waals surface area contributed by atoms with Gasteiger partial charge in [-0.25, -0.2) is 14.4 Å². The summed E-state index contributed by atoms with van der Waals surface area (Å²) in [6.45, 7) is 6.86. The Hall–Kier alpha value is -1.97. The molecule has 0 bridgehead atoms. The molecule has 0 saturated carbocycles. The first-order chi connectivity index (χ1) is 9.62. The Balaban J connectivity index is 2.43. The predicted octanol–water partition coefficient (Wildman–Crippen LogP) is 3.98. The summed E-state index contributed by atoms with van der Waals surface area (Å²) in [7, 11) is 0. The van der Waals surface area contributed by atoms with Gasteiger partial charge in [0.15, 0.2) is 0 Å². The number of hydrogen-bond acceptors (Lipinski definition) is 3. The van der Waals surface area contributed by atoms with Crippen molar-refractivity contribution in [3.63, 3.8) is 0 Å². The third-order valence-corrected chi connectivity index (χ3v) is 2.98. The number of aryl methyl sites for hydroxylation is 2. The number of nitrogens with one attached hydrogen (secondary N) is 1. The molecule has 1 heterocycles. The zero-order chi connectivity index (χ0) is 14.5. The van der Waals surface area contributed by atoms with E-state index in [1.54, 1.807) is 0 Å². The van der Waals surface area contributed by atoms with Gasteiger partial charge in [-0.3, -0.25) is 0 Å². The SMILES string of the molecule is CCCNc1cc(-c2cc(C)cc(F)c2)nc(CC)n1. The van der Waals surface area contributed by atoms with Gasteiger partial charge >= 0.3 is 0 Å². The quantitative estimate of drug-likeness (QED) is 0.895. The molecule has 1 aromatic carbocycles. The monoisotopic (exact) mass is 273 g/mol. The smallest absolute Gasteiger partial charge is 0.131 e. The molecule has 0 spiro atoms. The van der Waals surface area contributed by atoms with Crippen molar-refractivity contribution in [2.45, 2.75) is 33.6 Å². The van der Waals surface area contributed by atoms with E-state index in [0.29, 0.717) is 0 Å². The third kappa shape index (κ3) is 3.53. The van der Waals surface area contributed by atoms with Crippen LogP contribution in [0.5, 0.6) is 0 Å². The number of anilines is 1. The van der Waals surface area contributed by atoms with Gasteiger partial charge in [-0.05, 0) is 37.1 Å². The summed E-state index contributed by atoms with van der Waals surface area (Å²) in [5, 5.41) is 3.26. The van der Waals surface area contributed by atoms with Crippen LogP contribution in [0.2, 0.25) is 0 Å². The van der Waals surface area contributed by atoms with E-state index >= 15 is 0 Å². The third-order valence-electron chi connectivity index (χ3n) is 2.98. The Morgan fingerprint density at radius 1 is 1.10 bits per heavy atom. The van der Waals surface area contributed by atoms with Gasteiger partial charge in [0.2, 0.25) is 0 Å². The average molecular weight is 273 g/mol. The van der Waals surface area contributed by atoms with Crippen molar-refractivity contribution >= 4 is 5.82 Å². The second-order valence-corrected chi connectivity index (χ2v) is 4.85. The minimum Gasteiger partial charge on any atom is -0.370 e. The molecule has 0 amide bonds. The molecule has 4 heteroatoms. The first-order valence-corrected chi connectivity index (χ1v) is 7.01. The summed E-state index contributed by atoms with van der Waals surface area (Å²) < 4.78 is 13.5. The minimum atomic E-state index is -0.236. The molecule has 1 N–H and O–H groups in total. The van der Waals surface area contributed by atoms with Gasteiger partial charge in [-0.15, -0.1) is 0 Å². The lowest BCUT2D eigenvalue weighted by atomic mass is 10.1. The van der Waals surface area contributed by atoms with Crippen molar-refractivity contribution in [1.82, 2.24) is 9.97 Å². The molecular formula is C16H20FN3. The predicted molar refractivity (Wildman–Crippen MR) is 80.3 cm³/mol. The molecule has 0 saturated heterocycles. The average Bonchev–Trinajstić information content (AvgIpc) is 2.43. The van der Waals surface area contributed by atoms with Crippen molar-refractivity contribution < 1.29 is 4.39 Å². The lowest BCUT2D eigenvalue weighted by molar-refractivity contribution is 0.627. The van der Waals surface area contributed by atoms with Crippen molar-refractivity contribution in [2.75, 3.05) is 11.9 Å². The van der Waals surface area contributed by atoms with Gasteiger partial charge < -0.3 is 5.32 Å². The second kappa shape index (κ2) is 6.46. The van der Waals surface area contributed by atoms with E-state index < -0.39 is 0 Å². The van der Waals surface area contributed by atoms with Gasteiger partial charge in [-0.1, -0.05) is 13.8 Å². The largest absolute Gasteiger partial charge is 0.370 e. The van der Waals surface area contributed by atoms with Gasteiger partial charge in [-0.2, -0.15) is 0 Å². The standard InChI is InChI=1S/C16H20FN3/c1-4-6-18-16-10-14(19-15(5-2)20-16)12-7-11(3)8-13(17)9-12/h7-10H,4-6H2,1-3H3,(H,18,19,20). The molecule has 0 unspecified atom stereocenters. The molecule has 1 aromatic heterocycles. The second-order valence-electron chi connectivity index (χ2n) is 4.85. The number of aromatic nitrogens is 2. The lowest BCUT2D eigenvalue weighted by Crippen LogP contribution is -2.05. The van der Waals surface area contributed by atoms with Gasteiger partial charge in [0, 0.05) is 24.6 Å². The highest BCUT2D eigenvalue weighted by atomic mass is 19.1. The highest BCUT2D eigenvalue weighted by Gasteiger charge is 2.07. The van der Waals surface area contributed by atoms with Crippen LogP contribution in [0.3, 0.4) is 0 Å². The van der Waals surface area contributed by atoms with Crippen LogP contribution in [0, 0.1) is 12.7 Å². The molecule has 2 aromatic rings. The molecule has 0 atom stereocenters. The maximum atomic E-state index is 13.5. The van der Waals surface area contributed by atoms with E-state index in [0.717, 1.165) is 47.8 Å². The number of nitrogens with zero attached hydrogens (tertiary/aromatic N) is 2. The molecule has 0 aliphatic carbocycles. The molecule has 2 rings (SSSR count). The number of hydrogen-bond donors (Lipinski definition) is 1. The Bertz CT molecular complexity index is 576. The normalized spacial score (nSPS) is 10.6. The Morgan fingerprint density at radius 3 is 2.55 bits per heavy atom. The lowest BCUT2D eigenvalue weighted by Gasteiger charge is -2.09. The number of rotatable bonds is 5. The van der Waals surface area contributed by atoms with Crippen LogP contribution in [-0.4, -0.2) is 16.5 Å². The maximum Gasteiger partial charge on any atom is 0.131 e. The fourth-order valence-corrected chi connectivity index (χ4v) is 2.03. The van der Waals surface area contributed by atoms with E-state index in [9.17, 15) is 4.39 Å². The summed E-state index contributed by atoms with van der Waals surface area (Å²) in [5.74, 6) is 1.33. The van der Waals surface area contributed by atoms with Crippen LogP contribution in [0.25, 0.3) is 11.3 Å². The van der Waals surface area contributed by atoms with Crippen molar-refractivity contribution in [3.05, 3.63) is 41.5 Å². The van der Waals surface area contributed by atoms with E-state index in [-0.39, 0.29) is 5.82 Å². The van der Waals surface area contributed by atoms with Crippen molar-refractivity contribution in [1.29, 1.82) is 0 Å². The van der Waals surface area contributed by atoms with Crippen LogP contribution in [-0.2, 0) is 6.42 Å². The Morgan fingerprint density at radius 2 is 1.90 bits per heavy atom. The highest BCUT2D eigenvalue weighted by molar-refractivity contribution is 5.63. The molecule has 3 nitrogen and oxygen atoms in total. The Kier molecular flexibility index (Phi) is 4.66. The van der Waals surface area contributed by atoms with Crippen molar-refractivity contribution in [2.24, 2.45) is 0 Å². The van der Waals surface area contributed by atoms with Crippen molar-refractivity contribution in [3.8, 4) is 11.3 Å². The fourth-order valence-electron chi connectivity index (χ4n) is 2.03. The molecule has 20 heavy (non-hydrogen) atoms. The topological polar surface area (TPSA) is 37.8 Å². The van der Waals surface area contributed by atoms with E-state index in [1.807, 2.05) is 26.0 Å². The highest BCUT2D eigenvalue weighted by Crippen LogP contribution is 2.22. The van der Waals surface area contributed by atoms with E-state index in [2.05, 4.69) is 22.2 Å². The minimum absolute atomic E-state index is 0.236. The maximum absolute atomic E-state index is 13.5. The first kappa shape index (κ1) is 14.4. The molecule has 0 fully saturated rings. The molecule has 106 valence electrons. The summed E-state index contributed by atoms with van der Waals surface area (Å²) in [6, 6.07) is 6.84. The van der Waals surface area contributed by atoms with Crippen LogP contribution < -0.4 is 5.32 Å². The summed E-state index contributed by atoms with van der Waals surface area (Å²) in [5.41, 5.74) is 2.44. The number of halogens is 1. The van der Waals surface area contributed by atoms with Gasteiger partial charge in [0.25, 0.3) is 0 Å². The van der Waals surface area contributed by atoms with Crippen LogP contribution in [0.15, 0.2) is 24.3 Å². The zero-order valence-electron chi connectivity index (χ0n) is 12.2. The van der Waals surface area contributed by atoms with Crippen LogP contribution in [0.4, 0.5) is 10.2 Å². The Labute approximate surface area is 119 Å². The molecule has 0 aliphatic rings.